The second kappa shape index (κ2) is 13.2. The Morgan fingerprint density at radius 1 is 1.02 bits per heavy atom. The predicted octanol–water partition coefficient (Wildman–Crippen LogP) is 4.55. The van der Waals surface area contributed by atoms with Crippen LogP contribution in [0.2, 0.25) is 0 Å². The van der Waals surface area contributed by atoms with Crippen molar-refractivity contribution < 1.29 is 14.3 Å². The van der Waals surface area contributed by atoms with Crippen LogP contribution in [-0.4, -0.2) is 73.5 Å². The van der Waals surface area contributed by atoms with Gasteiger partial charge in [0.25, 0.3) is 0 Å². The standard InChI is InChI=1S/C33H46N4O3/c1-24-19-29(12-9-28(24)23-36-18-15-34-25(2)22-36)35(3)33(39)27-10-13-30(14-11-27)40-31-8-6-7-26(20-31)21-32(38)37-16-4-5-17-37/h6-9,12,19-20,25,27,30,34H,4-5,10-11,13-18,21-23H2,1-3H3/t25-,27-,30-/m0/s1. The summed E-state index contributed by atoms with van der Waals surface area (Å²) < 4.78 is 6.32. The molecule has 1 N–H and O–H groups in total. The maximum Gasteiger partial charge on any atom is 0.229 e. The molecule has 2 aromatic carbocycles. The summed E-state index contributed by atoms with van der Waals surface area (Å²) in [5.74, 6) is 1.25. The van der Waals surface area contributed by atoms with Gasteiger partial charge in [-0.1, -0.05) is 18.2 Å². The molecule has 1 saturated carbocycles. The number of likely N-dealkylation sites (tertiary alicyclic amines) is 1. The number of hydrogen-bond donors (Lipinski definition) is 1. The van der Waals surface area contributed by atoms with E-state index in [-0.39, 0.29) is 23.8 Å². The van der Waals surface area contributed by atoms with Gasteiger partial charge >= 0.3 is 0 Å². The van der Waals surface area contributed by atoms with Gasteiger partial charge in [0.2, 0.25) is 11.8 Å². The van der Waals surface area contributed by atoms with Crippen LogP contribution >= 0.6 is 0 Å². The lowest BCUT2D eigenvalue weighted by atomic mass is 9.86. The van der Waals surface area contributed by atoms with Crippen molar-refractivity contribution in [1.29, 1.82) is 0 Å². The van der Waals surface area contributed by atoms with E-state index in [4.69, 9.17) is 4.74 Å². The van der Waals surface area contributed by atoms with Gasteiger partial charge in [-0.25, -0.2) is 0 Å². The Kier molecular flexibility index (Phi) is 9.43. The molecule has 7 heteroatoms. The van der Waals surface area contributed by atoms with Gasteiger partial charge < -0.3 is 19.9 Å². The molecule has 1 atom stereocenters. The number of nitrogens with zero attached hydrogens (tertiary/aromatic N) is 3. The lowest BCUT2D eigenvalue weighted by molar-refractivity contribution is -0.129. The van der Waals surface area contributed by atoms with Crippen LogP contribution in [-0.2, 0) is 22.6 Å². The van der Waals surface area contributed by atoms with E-state index in [1.54, 1.807) is 0 Å². The van der Waals surface area contributed by atoms with E-state index < -0.39 is 0 Å². The number of carbonyl (C=O) groups is 2. The largest absolute Gasteiger partial charge is 0.490 e. The summed E-state index contributed by atoms with van der Waals surface area (Å²) in [5.41, 5.74) is 4.55. The van der Waals surface area contributed by atoms with Gasteiger partial charge in [0.15, 0.2) is 0 Å². The third kappa shape index (κ3) is 7.24. The van der Waals surface area contributed by atoms with Crippen LogP contribution in [0, 0.1) is 12.8 Å². The first kappa shape index (κ1) is 28.6. The Bertz CT molecular complexity index is 1170. The number of carbonyl (C=O) groups excluding carboxylic acids is 2. The van der Waals surface area contributed by atoms with Crippen molar-refractivity contribution in [2.75, 3.05) is 44.7 Å². The predicted molar refractivity (Wildman–Crippen MR) is 160 cm³/mol. The Labute approximate surface area is 239 Å². The van der Waals surface area contributed by atoms with Crippen molar-refractivity contribution in [2.45, 2.75) is 77.5 Å². The fraction of sp³-hybridized carbons (Fsp3) is 0.576. The van der Waals surface area contributed by atoms with E-state index in [9.17, 15) is 9.59 Å². The van der Waals surface area contributed by atoms with E-state index >= 15 is 0 Å². The number of anilines is 1. The summed E-state index contributed by atoms with van der Waals surface area (Å²) in [6.45, 7) is 10.3. The molecule has 3 fully saturated rings. The molecule has 3 aliphatic rings. The Morgan fingerprint density at radius 3 is 2.52 bits per heavy atom. The first-order chi connectivity index (χ1) is 19.4. The van der Waals surface area contributed by atoms with E-state index in [2.05, 4.69) is 42.3 Å². The molecule has 2 amide bonds. The van der Waals surface area contributed by atoms with Crippen LogP contribution in [0.3, 0.4) is 0 Å². The van der Waals surface area contributed by atoms with Crippen molar-refractivity contribution in [3.63, 3.8) is 0 Å². The molecule has 2 aliphatic heterocycles. The van der Waals surface area contributed by atoms with Gasteiger partial charge in [0, 0.05) is 64.0 Å². The number of nitrogens with one attached hydrogen (secondary N) is 1. The summed E-state index contributed by atoms with van der Waals surface area (Å²) >= 11 is 0. The first-order valence-corrected chi connectivity index (χ1v) is 15.2. The molecule has 2 saturated heterocycles. The second-order valence-corrected chi connectivity index (χ2v) is 12.1. The minimum atomic E-state index is 0.0246. The average Bonchev–Trinajstić information content (AvgIpc) is 3.50. The topological polar surface area (TPSA) is 65.1 Å². The number of piperazine rings is 1. The molecule has 7 nitrogen and oxygen atoms in total. The molecule has 5 rings (SSSR count). The lowest BCUT2D eigenvalue weighted by Crippen LogP contribution is -2.48. The zero-order valence-corrected chi connectivity index (χ0v) is 24.5. The highest BCUT2D eigenvalue weighted by molar-refractivity contribution is 5.94. The molecule has 0 bridgehead atoms. The minimum absolute atomic E-state index is 0.0246. The van der Waals surface area contributed by atoms with Gasteiger partial charge in [-0.05, 0) is 93.3 Å². The van der Waals surface area contributed by atoms with Crippen molar-refractivity contribution in [3.05, 3.63) is 59.2 Å². The SMILES string of the molecule is Cc1cc(N(C)C(=O)[C@H]2CC[C@H](Oc3cccc(CC(=O)N4CCCC4)c3)CC2)ccc1CN1CCN[C@@H](C)C1. The van der Waals surface area contributed by atoms with Crippen LogP contribution in [0.25, 0.3) is 0 Å². The minimum Gasteiger partial charge on any atom is -0.490 e. The summed E-state index contributed by atoms with van der Waals surface area (Å²) in [6.07, 6.45) is 6.15. The molecule has 0 radical (unpaired) electrons. The van der Waals surface area contributed by atoms with Crippen molar-refractivity contribution in [3.8, 4) is 5.75 Å². The third-order valence-corrected chi connectivity index (χ3v) is 8.93. The molecule has 0 aromatic heterocycles. The van der Waals surface area contributed by atoms with Gasteiger partial charge in [-0.15, -0.1) is 0 Å². The van der Waals surface area contributed by atoms with E-state index in [0.29, 0.717) is 12.5 Å². The van der Waals surface area contributed by atoms with Crippen LogP contribution in [0.1, 0.15) is 62.1 Å². The third-order valence-electron chi connectivity index (χ3n) is 8.93. The molecule has 40 heavy (non-hydrogen) atoms. The van der Waals surface area contributed by atoms with Crippen molar-refractivity contribution in [1.82, 2.24) is 15.1 Å². The Hall–Kier alpha value is -2.90. The van der Waals surface area contributed by atoms with Crippen LogP contribution in [0.5, 0.6) is 5.75 Å². The maximum atomic E-state index is 13.4. The zero-order chi connectivity index (χ0) is 28.1. The molecular formula is C33H46N4O3. The zero-order valence-electron chi connectivity index (χ0n) is 24.5. The summed E-state index contributed by atoms with van der Waals surface area (Å²) in [7, 11) is 1.91. The van der Waals surface area contributed by atoms with Gasteiger partial charge in [0.05, 0.1) is 12.5 Å². The van der Waals surface area contributed by atoms with E-state index in [1.165, 1.54) is 11.1 Å². The number of rotatable bonds is 8. The highest BCUT2D eigenvalue weighted by Gasteiger charge is 2.30. The number of benzene rings is 2. The molecule has 1 aliphatic carbocycles. The molecule has 0 spiro atoms. The number of amides is 2. The molecular weight excluding hydrogens is 500 g/mol. The first-order valence-electron chi connectivity index (χ1n) is 15.2. The van der Waals surface area contributed by atoms with Crippen molar-refractivity contribution >= 4 is 17.5 Å². The normalized spacial score (nSPS) is 23.7. The van der Waals surface area contributed by atoms with E-state index in [1.807, 2.05) is 41.1 Å². The highest BCUT2D eigenvalue weighted by atomic mass is 16.5. The van der Waals surface area contributed by atoms with Crippen molar-refractivity contribution in [2.24, 2.45) is 5.92 Å². The summed E-state index contributed by atoms with van der Waals surface area (Å²) in [6, 6.07) is 14.9. The van der Waals surface area contributed by atoms with Crippen LogP contribution < -0.4 is 15.0 Å². The average molecular weight is 547 g/mol. The smallest absolute Gasteiger partial charge is 0.229 e. The Balaban J connectivity index is 1.10. The van der Waals surface area contributed by atoms with Crippen LogP contribution in [0.4, 0.5) is 5.69 Å². The number of aryl methyl sites for hydroxylation is 1. The fourth-order valence-electron chi connectivity index (χ4n) is 6.47. The van der Waals surface area contributed by atoms with Crippen LogP contribution in [0.15, 0.2) is 42.5 Å². The number of ether oxygens (including phenoxy) is 1. The lowest BCUT2D eigenvalue weighted by Gasteiger charge is -2.32. The molecule has 216 valence electrons. The quantitative estimate of drug-likeness (QED) is 0.526. The van der Waals surface area contributed by atoms with Gasteiger partial charge in [0.1, 0.15) is 5.75 Å². The second-order valence-electron chi connectivity index (χ2n) is 12.1. The molecule has 2 aromatic rings. The molecule has 2 heterocycles. The monoisotopic (exact) mass is 546 g/mol. The van der Waals surface area contributed by atoms with E-state index in [0.717, 1.165) is 94.8 Å². The Morgan fingerprint density at radius 2 is 1.80 bits per heavy atom. The highest BCUT2D eigenvalue weighted by Crippen LogP contribution is 2.31. The fourth-order valence-corrected chi connectivity index (χ4v) is 6.47. The van der Waals surface area contributed by atoms with Gasteiger partial charge in [-0.2, -0.15) is 0 Å². The maximum absolute atomic E-state index is 13.4. The van der Waals surface area contributed by atoms with Gasteiger partial charge in [-0.3, -0.25) is 14.5 Å². The molecule has 0 unspecified atom stereocenters. The summed E-state index contributed by atoms with van der Waals surface area (Å²) in [4.78, 5) is 32.3. The number of hydrogen-bond acceptors (Lipinski definition) is 5. The summed E-state index contributed by atoms with van der Waals surface area (Å²) in [5, 5.41) is 3.51.